The van der Waals surface area contributed by atoms with Gasteiger partial charge in [0.2, 0.25) is 0 Å². The van der Waals surface area contributed by atoms with Crippen LogP contribution < -0.4 is 0 Å². The Morgan fingerprint density at radius 2 is 2.50 bits per heavy atom. The summed E-state index contributed by atoms with van der Waals surface area (Å²) in [5, 5.41) is 0. The van der Waals surface area contributed by atoms with Crippen LogP contribution in [0.5, 0.6) is 0 Å². The Bertz CT molecular complexity index is 76.8. The van der Waals surface area contributed by atoms with Crippen LogP contribution in [0.25, 0.3) is 0 Å². The van der Waals surface area contributed by atoms with Gasteiger partial charge in [-0.15, -0.1) is 0 Å². The van der Waals surface area contributed by atoms with Gasteiger partial charge in [0.25, 0.3) is 0 Å². The summed E-state index contributed by atoms with van der Waals surface area (Å²) in [5.74, 6) is 0. The van der Waals surface area contributed by atoms with Gasteiger partial charge >= 0.3 is 0 Å². The highest BCUT2D eigenvalue weighted by atomic mass is 19.1. The van der Waals surface area contributed by atoms with Crippen LogP contribution in [0.2, 0.25) is 0 Å². The lowest BCUT2D eigenvalue weighted by Crippen LogP contribution is -2.10. The molecule has 3 heteroatoms. The Hall–Kier alpha value is -0.150. The quantitative estimate of drug-likeness (QED) is 0.507. The smallest absolute Gasteiger partial charge is 0.186 e. The number of rotatable bonds is 1. The summed E-state index contributed by atoms with van der Waals surface area (Å²) in [6.45, 7) is 1.84. The Kier molecular flexibility index (Phi) is 1.81. The molecule has 0 spiro atoms. The molecule has 0 amide bonds. The first-order valence-electron chi connectivity index (χ1n) is 2.66. The molecule has 0 aromatic rings. The second kappa shape index (κ2) is 2.42. The second-order valence-electron chi connectivity index (χ2n) is 1.86. The van der Waals surface area contributed by atoms with Gasteiger partial charge in [-0.2, -0.15) is 0 Å². The first-order valence-corrected chi connectivity index (χ1v) is 2.66. The molecule has 0 aromatic carbocycles. The predicted octanol–water partition coefficient (Wildman–Crippen LogP) is 0.717. The van der Waals surface area contributed by atoms with Crippen LogP contribution in [0.1, 0.15) is 6.92 Å². The van der Waals surface area contributed by atoms with Crippen molar-refractivity contribution in [3.63, 3.8) is 0 Å². The first kappa shape index (κ1) is 5.98. The maximum absolute atomic E-state index is 11.6. The van der Waals surface area contributed by atoms with E-state index in [-0.39, 0.29) is 6.10 Å². The van der Waals surface area contributed by atoms with E-state index in [9.17, 15) is 4.39 Å². The average molecular weight is 120 g/mol. The fraction of sp³-hybridized carbons (Fsp3) is 1.00. The third-order valence-electron chi connectivity index (χ3n) is 1.03. The minimum absolute atomic E-state index is 0.0655. The number of alkyl halides is 1. The average Bonchev–Trinajstić information content (AvgIpc) is 2.14. The molecule has 1 aliphatic heterocycles. The summed E-state index contributed by atoms with van der Waals surface area (Å²) in [7, 11) is 0. The van der Waals surface area contributed by atoms with Crippen molar-refractivity contribution in [2.24, 2.45) is 0 Å². The highest BCUT2D eigenvalue weighted by Gasteiger charge is 2.21. The SMILES string of the molecule is CC1COC(CF)O1. The third kappa shape index (κ3) is 1.17. The zero-order chi connectivity index (χ0) is 5.98. The van der Waals surface area contributed by atoms with Crippen molar-refractivity contribution in [2.45, 2.75) is 19.3 Å². The second-order valence-corrected chi connectivity index (χ2v) is 1.86. The Labute approximate surface area is 47.6 Å². The molecule has 0 aromatic heterocycles. The van der Waals surface area contributed by atoms with Crippen molar-refractivity contribution >= 4 is 0 Å². The molecule has 0 saturated carbocycles. The van der Waals surface area contributed by atoms with Gasteiger partial charge in [-0.05, 0) is 6.92 Å². The molecule has 1 rings (SSSR count). The summed E-state index contributed by atoms with van der Waals surface area (Å²) in [5.41, 5.74) is 0. The molecule has 2 nitrogen and oxygen atoms in total. The van der Waals surface area contributed by atoms with Crippen LogP contribution in [-0.2, 0) is 9.47 Å². The molecule has 0 N–H and O–H groups in total. The monoisotopic (exact) mass is 120 g/mol. The third-order valence-corrected chi connectivity index (χ3v) is 1.03. The number of hydrogen-bond acceptors (Lipinski definition) is 2. The van der Waals surface area contributed by atoms with Crippen molar-refractivity contribution in [1.29, 1.82) is 0 Å². The first-order chi connectivity index (χ1) is 3.83. The minimum Gasteiger partial charge on any atom is -0.347 e. The van der Waals surface area contributed by atoms with E-state index in [1.54, 1.807) is 0 Å². The van der Waals surface area contributed by atoms with E-state index < -0.39 is 13.0 Å². The topological polar surface area (TPSA) is 18.5 Å². The lowest BCUT2D eigenvalue weighted by molar-refractivity contribution is -0.0675. The van der Waals surface area contributed by atoms with Crippen LogP contribution >= 0.6 is 0 Å². The van der Waals surface area contributed by atoms with Gasteiger partial charge in [-0.25, -0.2) is 4.39 Å². The Balaban J connectivity index is 2.22. The molecule has 0 radical (unpaired) electrons. The van der Waals surface area contributed by atoms with Crippen LogP contribution in [-0.4, -0.2) is 25.7 Å². The van der Waals surface area contributed by atoms with Crippen molar-refractivity contribution in [2.75, 3.05) is 13.3 Å². The van der Waals surface area contributed by atoms with Crippen molar-refractivity contribution in [1.82, 2.24) is 0 Å². The fourth-order valence-electron chi connectivity index (χ4n) is 0.661. The lowest BCUT2D eigenvalue weighted by atomic mass is 10.5. The molecular weight excluding hydrogens is 111 g/mol. The minimum atomic E-state index is -0.593. The van der Waals surface area contributed by atoms with E-state index in [2.05, 4.69) is 0 Å². The summed E-state index contributed by atoms with van der Waals surface area (Å²) < 4.78 is 21.4. The summed E-state index contributed by atoms with van der Waals surface area (Å²) >= 11 is 0. The zero-order valence-corrected chi connectivity index (χ0v) is 4.76. The molecule has 48 valence electrons. The van der Waals surface area contributed by atoms with Gasteiger partial charge in [-0.3, -0.25) is 0 Å². The summed E-state index contributed by atoms with van der Waals surface area (Å²) in [6, 6.07) is 0. The van der Waals surface area contributed by atoms with Gasteiger partial charge in [0, 0.05) is 0 Å². The molecule has 0 bridgehead atoms. The number of hydrogen-bond donors (Lipinski definition) is 0. The highest BCUT2D eigenvalue weighted by molar-refractivity contribution is 4.57. The van der Waals surface area contributed by atoms with Crippen LogP contribution in [0.4, 0.5) is 4.39 Å². The van der Waals surface area contributed by atoms with Crippen LogP contribution in [0.3, 0.4) is 0 Å². The zero-order valence-electron chi connectivity index (χ0n) is 4.76. The van der Waals surface area contributed by atoms with E-state index >= 15 is 0 Å². The van der Waals surface area contributed by atoms with Gasteiger partial charge in [0.05, 0.1) is 12.7 Å². The predicted molar refractivity (Wildman–Crippen MR) is 26.3 cm³/mol. The maximum atomic E-state index is 11.6. The fourth-order valence-corrected chi connectivity index (χ4v) is 0.661. The van der Waals surface area contributed by atoms with Crippen molar-refractivity contribution in [3.05, 3.63) is 0 Å². The van der Waals surface area contributed by atoms with Gasteiger partial charge in [0.15, 0.2) is 6.29 Å². The van der Waals surface area contributed by atoms with Gasteiger partial charge < -0.3 is 9.47 Å². The Morgan fingerprint density at radius 1 is 1.75 bits per heavy atom. The van der Waals surface area contributed by atoms with Crippen molar-refractivity contribution in [3.8, 4) is 0 Å². The number of halogens is 1. The largest absolute Gasteiger partial charge is 0.347 e. The van der Waals surface area contributed by atoms with Gasteiger partial charge in [-0.1, -0.05) is 0 Å². The molecule has 1 saturated heterocycles. The van der Waals surface area contributed by atoms with E-state index in [1.165, 1.54) is 0 Å². The van der Waals surface area contributed by atoms with Crippen LogP contribution in [0.15, 0.2) is 0 Å². The van der Waals surface area contributed by atoms with E-state index in [0.29, 0.717) is 6.61 Å². The maximum Gasteiger partial charge on any atom is 0.186 e. The van der Waals surface area contributed by atoms with Crippen LogP contribution in [0, 0.1) is 0 Å². The highest BCUT2D eigenvalue weighted by Crippen LogP contribution is 2.10. The van der Waals surface area contributed by atoms with Crippen molar-refractivity contribution < 1.29 is 13.9 Å². The molecule has 2 atom stereocenters. The molecular formula is C5H9FO2. The molecule has 8 heavy (non-hydrogen) atoms. The molecule has 1 heterocycles. The molecule has 2 unspecified atom stereocenters. The van der Waals surface area contributed by atoms with E-state index in [1.807, 2.05) is 6.92 Å². The molecule has 1 fully saturated rings. The Morgan fingerprint density at radius 3 is 2.75 bits per heavy atom. The lowest BCUT2D eigenvalue weighted by Gasteiger charge is -2.01. The summed E-state index contributed by atoms with van der Waals surface area (Å²) in [6.07, 6.45) is -0.527. The van der Waals surface area contributed by atoms with E-state index in [4.69, 9.17) is 9.47 Å². The normalized spacial score (nSPS) is 38.2. The number of ether oxygens (including phenoxy) is 2. The summed E-state index contributed by atoms with van der Waals surface area (Å²) in [4.78, 5) is 0. The standard InChI is InChI=1S/C5H9FO2/c1-4-3-7-5(2-6)8-4/h4-5H,2-3H2,1H3. The van der Waals surface area contributed by atoms with E-state index in [0.717, 1.165) is 0 Å². The molecule has 0 aliphatic carbocycles. The van der Waals surface area contributed by atoms with Gasteiger partial charge in [0.1, 0.15) is 6.67 Å². The molecule has 1 aliphatic rings.